The molecule has 0 amide bonds. The van der Waals surface area contributed by atoms with Crippen LogP contribution in [0.25, 0.3) is 10.6 Å². The zero-order valence-electron chi connectivity index (χ0n) is 14.4. The smallest absolute Gasteiger partial charge is 0.320 e. The fraction of sp³-hybridized carbons (Fsp3) is 0.444. The Morgan fingerprint density at radius 3 is 3.00 bits per heavy atom. The van der Waals surface area contributed by atoms with Gasteiger partial charge < -0.3 is 14.6 Å². The van der Waals surface area contributed by atoms with Gasteiger partial charge in [0.2, 0.25) is 0 Å². The first-order valence-electron chi connectivity index (χ1n) is 8.34. The van der Waals surface area contributed by atoms with Gasteiger partial charge in [-0.05, 0) is 44.5 Å². The van der Waals surface area contributed by atoms with Gasteiger partial charge in [-0.25, -0.2) is 4.98 Å². The van der Waals surface area contributed by atoms with Crippen molar-refractivity contribution in [1.82, 2.24) is 9.88 Å². The molecule has 0 bridgehead atoms. The normalized spacial score (nSPS) is 17.6. The number of hydrogen-bond donors (Lipinski definition) is 1. The fourth-order valence-electron chi connectivity index (χ4n) is 3.09. The monoisotopic (exact) mass is 362 g/mol. The van der Waals surface area contributed by atoms with Crippen LogP contribution in [0.3, 0.4) is 0 Å². The van der Waals surface area contributed by atoms with E-state index >= 15 is 0 Å². The molecule has 1 aromatic carbocycles. The summed E-state index contributed by atoms with van der Waals surface area (Å²) >= 11 is 1.55. The summed E-state index contributed by atoms with van der Waals surface area (Å²) in [6.07, 6.45) is 1.63. The van der Waals surface area contributed by atoms with E-state index in [1.807, 2.05) is 35.4 Å². The number of ether oxygens (including phenoxy) is 2. The molecule has 1 atom stereocenters. The second kappa shape index (κ2) is 7.84. The Labute approximate surface area is 151 Å². The van der Waals surface area contributed by atoms with E-state index in [0.717, 1.165) is 29.2 Å². The van der Waals surface area contributed by atoms with E-state index in [0.29, 0.717) is 31.1 Å². The number of aromatic nitrogens is 1. The number of carbonyl (C=O) groups is 1. The highest BCUT2D eigenvalue weighted by Crippen LogP contribution is 2.34. The lowest BCUT2D eigenvalue weighted by Crippen LogP contribution is -2.35. The van der Waals surface area contributed by atoms with E-state index in [2.05, 4.69) is 4.98 Å². The zero-order chi connectivity index (χ0) is 17.8. The standard InChI is InChI=1S/C18H22N2O4S/c1-3-24-15-7-6-12(9-16(15)23-2)17-19-13(11-25-17)10-20-8-4-5-14(20)18(21)22/h6-7,9,11,14H,3-5,8,10H2,1-2H3,(H,21,22)/t14-/m1/s1. The predicted molar refractivity (Wildman–Crippen MR) is 96.3 cm³/mol. The van der Waals surface area contributed by atoms with Crippen LogP contribution < -0.4 is 9.47 Å². The third-order valence-electron chi connectivity index (χ3n) is 4.28. The molecule has 0 spiro atoms. The molecule has 1 aromatic heterocycles. The Hall–Kier alpha value is -2.12. The first-order chi connectivity index (χ1) is 12.1. The van der Waals surface area contributed by atoms with Crippen molar-refractivity contribution in [2.75, 3.05) is 20.3 Å². The van der Waals surface area contributed by atoms with Crippen molar-refractivity contribution in [3.8, 4) is 22.1 Å². The third kappa shape index (κ3) is 3.93. The summed E-state index contributed by atoms with van der Waals surface area (Å²) < 4.78 is 10.9. The average molecular weight is 362 g/mol. The van der Waals surface area contributed by atoms with Gasteiger partial charge in [0.15, 0.2) is 11.5 Å². The molecule has 2 heterocycles. The van der Waals surface area contributed by atoms with Gasteiger partial charge in [0, 0.05) is 17.5 Å². The lowest BCUT2D eigenvalue weighted by atomic mass is 10.2. The molecule has 3 rings (SSSR count). The molecule has 1 aliphatic heterocycles. The summed E-state index contributed by atoms with van der Waals surface area (Å²) in [6, 6.07) is 5.38. The average Bonchev–Trinajstić information content (AvgIpc) is 3.25. The highest BCUT2D eigenvalue weighted by molar-refractivity contribution is 7.13. The van der Waals surface area contributed by atoms with Crippen LogP contribution in [0.5, 0.6) is 11.5 Å². The minimum atomic E-state index is -0.746. The number of carboxylic acids is 1. The maximum Gasteiger partial charge on any atom is 0.320 e. The SMILES string of the molecule is CCOc1ccc(-c2nc(CN3CCC[C@@H]3C(=O)O)cs2)cc1OC. The topological polar surface area (TPSA) is 71.9 Å². The van der Waals surface area contributed by atoms with Crippen molar-refractivity contribution in [2.45, 2.75) is 32.4 Å². The van der Waals surface area contributed by atoms with Gasteiger partial charge in [-0.15, -0.1) is 11.3 Å². The van der Waals surface area contributed by atoms with Gasteiger partial charge >= 0.3 is 5.97 Å². The van der Waals surface area contributed by atoms with Crippen LogP contribution in [0.4, 0.5) is 0 Å². The van der Waals surface area contributed by atoms with Crippen molar-refractivity contribution < 1.29 is 19.4 Å². The number of nitrogens with zero attached hydrogens (tertiary/aromatic N) is 2. The van der Waals surface area contributed by atoms with E-state index in [1.54, 1.807) is 18.4 Å². The zero-order valence-corrected chi connectivity index (χ0v) is 15.2. The van der Waals surface area contributed by atoms with Crippen LogP contribution >= 0.6 is 11.3 Å². The number of thiazole rings is 1. The number of carboxylic acid groups (broad SMARTS) is 1. The molecule has 1 aliphatic rings. The van der Waals surface area contributed by atoms with E-state index in [-0.39, 0.29) is 0 Å². The summed E-state index contributed by atoms with van der Waals surface area (Å²) in [7, 11) is 1.62. The van der Waals surface area contributed by atoms with Gasteiger partial charge in [-0.3, -0.25) is 9.69 Å². The summed E-state index contributed by atoms with van der Waals surface area (Å²) in [5, 5.41) is 12.2. The predicted octanol–water partition coefficient (Wildman–Crippen LogP) is 3.27. The summed E-state index contributed by atoms with van der Waals surface area (Å²) in [5.74, 6) is 0.651. The van der Waals surface area contributed by atoms with Crippen LogP contribution in [0.15, 0.2) is 23.6 Å². The molecule has 1 N–H and O–H groups in total. The molecule has 134 valence electrons. The second-order valence-corrected chi connectivity index (χ2v) is 6.77. The fourth-order valence-corrected chi connectivity index (χ4v) is 3.90. The van der Waals surface area contributed by atoms with Crippen LogP contribution in [-0.2, 0) is 11.3 Å². The van der Waals surface area contributed by atoms with Crippen molar-refractivity contribution in [3.63, 3.8) is 0 Å². The molecule has 0 aliphatic carbocycles. The molecule has 25 heavy (non-hydrogen) atoms. The van der Waals surface area contributed by atoms with E-state index in [4.69, 9.17) is 9.47 Å². The molecule has 1 saturated heterocycles. The van der Waals surface area contributed by atoms with E-state index in [9.17, 15) is 9.90 Å². The highest BCUT2D eigenvalue weighted by atomic mass is 32.1. The van der Waals surface area contributed by atoms with Gasteiger partial charge in [0.05, 0.1) is 19.4 Å². The Morgan fingerprint density at radius 2 is 2.28 bits per heavy atom. The lowest BCUT2D eigenvalue weighted by Gasteiger charge is -2.19. The Balaban J connectivity index is 1.76. The Bertz CT molecular complexity index is 746. The third-order valence-corrected chi connectivity index (χ3v) is 5.22. The van der Waals surface area contributed by atoms with Gasteiger partial charge in [-0.1, -0.05) is 0 Å². The molecule has 0 saturated carbocycles. The van der Waals surface area contributed by atoms with E-state index in [1.165, 1.54) is 0 Å². The van der Waals surface area contributed by atoms with Crippen LogP contribution in [-0.4, -0.2) is 47.3 Å². The largest absolute Gasteiger partial charge is 0.493 e. The van der Waals surface area contributed by atoms with Crippen LogP contribution in [0.1, 0.15) is 25.5 Å². The molecule has 1 fully saturated rings. The number of likely N-dealkylation sites (tertiary alicyclic amines) is 1. The summed E-state index contributed by atoms with van der Waals surface area (Å²) in [4.78, 5) is 18.0. The molecule has 6 nitrogen and oxygen atoms in total. The molecular weight excluding hydrogens is 340 g/mol. The van der Waals surface area contributed by atoms with E-state index < -0.39 is 12.0 Å². The van der Waals surface area contributed by atoms with Crippen LogP contribution in [0, 0.1) is 0 Å². The number of rotatable bonds is 7. The second-order valence-electron chi connectivity index (χ2n) is 5.91. The maximum atomic E-state index is 11.3. The minimum Gasteiger partial charge on any atom is -0.493 e. The molecule has 0 radical (unpaired) electrons. The number of methoxy groups -OCH3 is 1. The van der Waals surface area contributed by atoms with Gasteiger partial charge in [0.1, 0.15) is 11.0 Å². The maximum absolute atomic E-state index is 11.3. The minimum absolute atomic E-state index is 0.393. The number of aliphatic carboxylic acids is 1. The summed E-state index contributed by atoms with van der Waals surface area (Å²) in [6.45, 7) is 3.89. The Kier molecular flexibility index (Phi) is 5.55. The van der Waals surface area contributed by atoms with Crippen molar-refractivity contribution >= 4 is 17.3 Å². The first-order valence-corrected chi connectivity index (χ1v) is 9.22. The molecule has 0 unspecified atom stereocenters. The number of benzene rings is 1. The quantitative estimate of drug-likeness (QED) is 0.815. The molecule has 2 aromatic rings. The van der Waals surface area contributed by atoms with Crippen molar-refractivity contribution in [2.24, 2.45) is 0 Å². The first kappa shape index (κ1) is 17.7. The van der Waals surface area contributed by atoms with Gasteiger partial charge in [0.25, 0.3) is 0 Å². The molecule has 7 heteroatoms. The molecular formula is C18H22N2O4S. The van der Waals surface area contributed by atoms with Gasteiger partial charge in [-0.2, -0.15) is 0 Å². The number of hydrogen-bond acceptors (Lipinski definition) is 6. The van der Waals surface area contributed by atoms with Crippen LogP contribution in [0.2, 0.25) is 0 Å². The highest BCUT2D eigenvalue weighted by Gasteiger charge is 2.30. The summed E-state index contributed by atoms with van der Waals surface area (Å²) in [5.41, 5.74) is 1.87. The lowest BCUT2D eigenvalue weighted by molar-refractivity contribution is -0.142. The van der Waals surface area contributed by atoms with Crippen molar-refractivity contribution in [1.29, 1.82) is 0 Å². The van der Waals surface area contributed by atoms with Crippen molar-refractivity contribution in [3.05, 3.63) is 29.3 Å². The Morgan fingerprint density at radius 1 is 1.44 bits per heavy atom.